The molecule has 1 saturated heterocycles. The minimum Gasteiger partial charge on any atom is -0.286 e. The van der Waals surface area contributed by atoms with Gasteiger partial charge in [-0.15, -0.1) is 0 Å². The van der Waals surface area contributed by atoms with E-state index in [1.807, 2.05) is 44.2 Å². The van der Waals surface area contributed by atoms with Gasteiger partial charge in [-0.1, -0.05) is 44.2 Å². The fourth-order valence-electron chi connectivity index (χ4n) is 2.79. The largest absolute Gasteiger partial charge is 0.286 e. The standard InChI is InChI=1S/C21H21N3O3S/c1-14(2)13-23-20(25)19(28-21(23)22-17-7-5-4-6-8-17)12-16-10-9-15(3)18(11-16)24(26)27/h4-12,14H,13H2,1-3H3/b19-12+,22-21?. The Kier molecular flexibility index (Phi) is 5.94. The van der Waals surface area contributed by atoms with E-state index < -0.39 is 4.92 Å². The number of thioether (sulfide) groups is 1. The highest BCUT2D eigenvalue weighted by atomic mass is 32.2. The average molecular weight is 395 g/mol. The number of benzene rings is 2. The normalized spacial score (nSPS) is 17.1. The molecule has 0 spiro atoms. The van der Waals surface area contributed by atoms with Crippen LogP contribution < -0.4 is 0 Å². The van der Waals surface area contributed by atoms with E-state index in [4.69, 9.17) is 0 Å². The molecule has 0 aromatic heterocycles. The van der Waals surface area contributed by atoms with Crippen molar-refractivity contribution in [3.05, 3.63) is 74.7 Å². The van der Waals surface area contributed by atoms with Crippen molar-refractivity contribution in [3.8, 4) is 0 Å². The van der Waals surface area contributed by atoms with Crippen molar-refractivity contribution in [1.29, 1.82) is 0 Å². The predicted molar refractivity (Wildman–Crippen MR) is 113 cm³/mol. The topological polar surface area (TPSA) is 75.8 Å². The minimum absolute atomic E-state index is 0.0435. The quantitative estimate of drug-likeness (QED) is 0.398. The van der Waals surface area contributed by atoms with Gasteiger partial charge in [0.1, 0.15) is 0 Å². The molecule has 0 atom stereocenters. The zero-order chi connectivity index (χ0) is 20.3. The number of para-hydroxylation sites is 1. The average Bonchev–Trinajstić information content (AvgIpc) is 2.92. The first-order valence-corrected chi connectivity index (χ1v) is 9.77. The van der Waals surface area contributed by atoms with E-state index in [1.54, 1.807) is 30.0 Å². The Bertz CT molecular complexity index is 968. The summed E-state index contributed by atoms with van der Waals surface area (Å²) in [4.78, 5) is 30.6. The molecule has 3 rings (SSSR count). The molecule has 7 heteroatoms. The molecule has 1 heterocycles. The maximum Gasteiger partial charge on any atom is 0.272 e. The SMILES string of the molecule is Cc1ccc(/C=C2/SC(=Nc3ccccc3)N(CC(C)C)C2=O)cc1[N+](=O)[O-]. The second-order valence-corrected chi connectivity index (χ2v) is 7.96. The van der Waals surface area contributed by atoms with Gasteiger partial charge < -0.3 is 0 Å². The second-order valence-electron chi connectivity index (χ2n) is 6.95. The van der Waals surface area contributed by atoms with Crippen LogP contribution in [0, 0.1) is 23.0 Å². The van der Waals surface area contributed by atoms with Crippen LogP contribution in [0.15, 0.2) is 58.4 Å². The molecular weight excluding hydrogens is 374 g/mol. The van der Waals surface area contributed by atoms with Gasteiger partial charge in [-0.25, -0.2) is 4.99 Å². The number of carbonyl (C=O) groups is 1. The van der Waals surface area contributed by atoms with Gasteiger partial charge in [0.15, 0.2) is 5.17 Å². The Balaban J connectivity index is 1.97. The highest BCUT2D eigenvalue weighted by Gasteiger charge is 2.33. The molecule has 0 N–H and O–H groups in total. The Hall–Kier alpha value is -2.93. The maximum absolute atomic E-state index is 13.0. The lowest BCUT2D eigenvalue weighted by Crippen LogP contribution is -2.32. The van der Waals surface area contributed by atoms with Crippen LogP contribution in [0.3, 0.4) is 0 Å². The summed E-state index contributed by atoms with van der Waals surface area (Å²) < 4.78 is 0. The van der Waals surface area contributed by atoms with Crippen molar-refractivity contribution in [3.63, 3.8) is 0 Å². The molecule has 0 bridgehead atoms. The zero-order valence-electron chi connectivity index (χ0n) is 16.0. The van der Waals surface area contributed by atoms with E-state index in [0.29, 0.717) is 27.7 Å². The summed E-state index contributed by atoms with van der Waals surface area (Å²) in [6.07, 6.45) is 1.69. The molecule has 0 saturated carbocycles. The van der Waals surface area contributed by atoms with Gasteiger partial charge >= 0.3 is 0 Å². The number of amides is 1. The van der Waals surface area contributed by atoms with Crippen LogP contribution >= 0.6 is 11.8 Å². The molecule has 2 aromatic rings. The number of aryl methyl sites for hydroxylation is 1. The third-order valence-corrected chi connectivity index (χ3v) is 5.15. The number of nitro benzene ring substituents is 1. The summed E-state index contributed by atoms with van der Waals surface area (Å²) in [5, 5.41) is 11.8. The molecular formula is C21H21N3O3S. The fraction of sp³-hybridized carbons (Fsp3) is 0.238. The molecule has 6 nitrogen and oxygen atoms in total. The van der Waals surface area contributed by atoms with Crippen molar-refractivity contribution in [1.82, 2.24) is 4.90 Å². The van der Waals surface area contributed by atoms with E-state index in [-0.39, 0.29) is 17.5 Å². The van der Waals surface area contributed by atoms with Crippen LogP contribution in [0.1, 0.15) is 25.0 Å². The number of nitro groups is 1. The van der Waals surface area contributed by atoms with Crippen molar-refractivity contribution in [2.24, 2.45) is 10.9 Å². The Labute approximate surface area is 168 Å². The van der Waals surface area contributed by atoms with Crippen LogP contribution in [0.25, 0.3) is 6.08 Å². The molecule has 1 fully saturated rings. The molecule has 144 valence electrons. The smallest absolute Gasteiger partial charge is 0.272 e. The van der Waals surface area contributed by atoms with Crippen molar-refractivity contribution in [2.75, 3.05) is 6.54 Å². The summed E-state index contributed by atoms with van der Waals surface area (Å²) in [7, 11) is 0. The third kappa shape index (κ3) is 4.48. The van der Waals surface area contributed by atoms with Gasteiger partial charge in [0.25, 0.3) is 11.6 Å². The molecule has 1 aliphatic rings. The van der Waals surface area contributed by atoms with Crippen LogP contribution in [0.4, 0.5) is 11.4 Å². The van der Waals surface area contributed by atoms with Crippen LogP contribution in [-0.2, 0) is 4.79 Å². The van der Waals surface area contributed by atoms with Gasteiger partial charge in [-0.3, -0.25) is 19.8 Å². The lowest BCUT2D eigenvalue weighted by Gasteiger charge is -2.17. The zero-order valence-corrected chi connectivity index (χ0v) is 16.8. The molecule has 0 radical (unpaired) electrons. The number of aliphatic imine (C=N–C) groups is 1. The van der Waals surface area contributed by atoms with Crippen molar-refractivity contribution < 1.29 is 9.72 Å². The molecule has 28 heavy (non-hydrogen) atoms. The lowest BCUT2D eigenvalue weighted by atomic mass is 10.1. The first-order chi connectivity index (χ1) is 13.3. The first-order valence-electron chi connectivity index (χ1n) is 8.95. The van der Waals surface area contributed by atoms with Gasteiger partial charge in [0.2, 0.25) is 0 Å². The second kappa shape index (κ2) is 8.39. The van der Waals surface area contributed by atoms with Gasteiger partial charge in [0.05, 0.1) is 15.5 Å². The van der Waals surface area contributed by atoms with Gasteiger partial charge in [-0.2, -0.15) is 0 Å². The molecule has 0 aliphatic carbocycles. The van der Waals surface area contributed by atoms with Crippen LogP contribution in [0.2, 0.25) is 0 Å². The molecule has 1 aliphatic heterocycles. The van der Waals surface area contributed by atoms with Gasteiger partial charge in [-0.05, 0) is 48.4 Å². The van der Waals surface area contributed by atoms with Crippen LogP contribution in [0.5, 0.6) is 0 Å². The van der Waals surface area contributed by atoms with Crippen molar-refractivity contribution >= 4 is 40.3 Å². The van der Waals surface area contributed by atoms with Crippen molar-refractivity contribution in [2.45, 2.75) is 20.8 Å². The Morgan fingerprint density at radius 1 is 1.21 bits per heavy atom. The highest BCUT2D eigenvalue weighted by molar-refractivity contribution is 8.18. The van der Waals surface area contributed by atoms with E-state index in [9.17, 15) is 14.9 Å². The number of hydrogen-bond acceptors (Lipinski definition) is 5. The summed E-state index contributed by atoms with van der Waals surface area (Å²) >= 11 is 1.29. The maximum atomic E-state index is 13.0. The number of carbonyl (C=O) groups excluding carboxylic acids is 1. The predicted octanol–water partition coefficient (Wildman–Crippen LogP) is 5.16. The van der Waals surface area contributed by atoms with E-state index >= 15 is 0 Å². The number of amidine groups is 1. The minimum atomic E-state index is -0.408. The number of hydrogen-bond donors (Lipinski definition) is 0. The summed E-state index contributed by atoms with van der Waals surface area (Å²) in [5.41, 5.74) is 2.03. The van der Waals surface area contributed by atoms with Crippen LogP contribution in [-0.4, -0.2) is 27.4 Å². The molecule has 2 aromatic carbocycles. The van der Waals surface area contributed by atoms with E-state index in [0.717, 1.165) is 5.69 Å². The first kappa shape index (κ1) is 19.8. The summed E-state index contributed by atoms with van der Waals surface area (Å²) in [6, 6.07) is 14.5. The van der Waals surface area contributed by atoms with E-state index in [2.05, 4.69) is 4.99 Å². The monoisotopic (exact) mass is 395 g/mol. The number of rotatable bonds is 5. The molecule has 1 amide bonds. The molecule has 0 unspecified atom stereocenters. The summed E-state index contributed by atoms with van der Waals surface area (Å²) in [6.45, 7) is 6.34. The fourth-order valence-corrected chi connectivity index (χ4v) is 3.80. The Morgan fingerprint density at radius 2 is 1.93 bits per heavy atom. The Morgan fingerprint density at radius 3 is 2.57 bits per heavy atom. The number of nitrogens with zero attached hydrogens (tertiary/aromatic N) is 3. The van der Waals surface area contributed by atoms with Gasteiger partial charge in [0, 0.05) is 18.2 Å². The highest BCUT2D eigenvalue weighted by Crippen LogP contribution is 2.35. The summed E-state index contributed by atoms with van der Waals surface area (Å²) in [5.74, 6) is 0.155. The third-order valence-electron chi connectivity index (χ3n) is 4.14. The lowest BCUT2D eigenvalue weighted by molar-refractivity contribution is -0.385. The van der Waals surface area contributed by atoms with E-state index in [1.165, 1.54) is 17.8 Å².